The van der Waals surface area contributed by atoms with E-state index in [9.17, 15) is 0 Å². The molecule has 1 aromatic carbocycles. The van der Waals surface area contributed by atoms with Gasteiger partial charge in [0.1, 0.15) is 12.4 Å². The van der Waals surface area contributed by atoms with Crippen LogP contribution in [0.4, 0.5) is 0 Å². The van der Waals surface area contributed by atoms with Crippen LogP contribution in [0, 0.1) is 17.2 Å². The molecule has 0 N–H and O–H groups in total. The molecule has 0 aromatic heterocycles. The topological polar surface area (TPSA) is 36.3 Å². The lowest BCUT2D eigenvalue weighted by Gasteiger charge is -2.23. The molecule has 1 fully saturated rings. The molecule has 0 saturated heterocycles. The lowest BCUT2D eigenvalue weighted by atomic mass is 10.1. The Kier molecular flexibility index (Phi) is 6.07. The van der Waals surface area contributed by atoms with E-state index in [2.05, 4.69) is 24.8 Å². The normalized spacial score (nSPS) is 14.4. The van der Waals surface area contributed by atoms with Gasteiger partial charge in [-0.1, -0.05) is 26.0 Å². The lowest BCUT2D eigenvalue weighted by Crippen LogP contribution is -2.32. The lowest BCUT2D eigenvalue weighted by molar-refractivity contribution is 0.194. The van der Waals surface area contributed by atoms with Crippen LogP contribution in [-0.2, 0) is 6.42 Å². The van der Waals surface area contributed by atoms with Crippen LogP contribution in [-0.4, -0.2) is 30.6 Å². The second kappa shape index (κ2) is 8.05. The molecule has 3 heteroatoms. The highest BCUT2D eigenvalue weighted by Gasteiger charge is 2.28. The van der Waals surface area contributed by atoms with Gasteiger partial charge in [0.05, 0.1) is 12.5 Å². The third-order valence-electron chi connectivity index (χ3n) is 3.91. The summed E-state index contributed by atoms with van der Waals surface area (Å²) in [6, 6.07) is 10.8. The first kappa shape index (κ1) is 15.9. The number of benzene rings is 1. The van der Waals surface area contributed by atoms with Gasteiger partial charge in [-0.25, -0.2) is 0 Å². The van der Waals surface area contributed by atoms with Crippen molar-refractivity contribution in [2.24, 2.45) is 5.92 Å². The van der Waals surface area contributed by atoms with E-state index in [0.717, 1.165) is 36.4 Å². The average Bonchev–Trinajstić information content (AvgIpc) is 3.29. The zero-order chi connectivity index (χ0) is 15.1. The van der Waals surface area contributed by atoms with E-state index in [1.807, 2.05) is 24.3 Å². The van der Waals surface area contributed by atoms with Crippen molar-refractivity contribution in [1.82, 2.24) is 4.90 Å². The molecule has 0 spiro atoms. The van der Waals surface area contributed by atoms with E-state index in [1.165, 1.54) is 25.8 Å². The molecule has 3 nitrogen and oxygen atoms in total. The summed E-state index contributed by atoms with van der Waals surface area (Å²) < 4.78 is 5.83. The zero-order valence-corrected chi connectivity index (χ0v) is 13.2. The van der Waals surface area contributed by atoms with E-state index >= 15 is 0 Å². The number of rotatable bonds is 9. The summed E-state index contributed by atoms with van der Waals surface area (Å²) in [5.74, 6) is 1.66. The Balaban J connectivity index is 1.72. The Morgan fingerprint density at radius 1 is 1.24 bits per heavy atom. The van der Waals surface area contributed by atoms with Crippen molar-refractivity contribution in [3.05, 3.63) is 29.8 Å². The third kappa shape index (κ3) is 5.77. The largest absolute Gasteiger partial charge is 0.492 e. The Morgan fingerprint density at radius 2 is 1.95 bits per heavy atom. The molecular formula is C18H26N2O. The molecule has 1 aliphatic rings. The first-order valence-corrected chi connectivity index (χ1v) is 8.01. The monoisotopic (exact) mass is 286 g/mol. The maximum atomic E-state index is 8.65. The van der Waals surface area contributed by atoms with Crippen molar-refractivity contribution in [1.29, 1.82) is 5.26 Å². The van der Waals surface area contributed by atoms with Crippen LogP contribution in [0.1, 0.15) is 38.7 Å². The molecule has 0 atom stereocenters. The van der Waals surface area contributed by atoms with Gasteiger partial charge in [-0.2, -0.15) is 5.26 Å². The second-order valence-electron chi connectivity index (χ2n) is 6.28. The van der Waals surface area contributed by atoms with Gasteiger partial charge in [0.2, 0.25) is 0 Å². The predicted octanol–water partition coefficient (Wildman–Crippen LogP) is 3.64. The summed E-state index contributed by atoms with van der Waals surface area (Å²) in [6.45, 7) is 7.51. The Labute approximate surface area is 128 Å². The highest BCUT2D eigenvalue weighted by Crippen LogP contribution is 2.27. The standard InChI is InChI=1S/C18H26N2O/c1-15(2)10-12-20(17-5-6-17)13-14-21-18-7-3-16(4-8-18)9-11-19/h3-4,7-8,15,17H,5-6,9-10,12-14H2,1-2H3. The molecule has 0 heterocycles. The number of hydrogen-bond donors (Lipinski definition) is 0. The summed E-state index contributed by atoms with van der Waals surface area (Å²) >= 11 is 0. The molecule has 0 unspecified atom stereocenters. The molecular weight excluding hydrogens is 260 g/mol. The summed E-state index contributed by atoms with van der Waals surface area (Å²) in [6.07, 6.45) is 4.42. The number of ether oxygens (including phenoxy) is 1. The molecule has 0 radical (unpaired) electrons. The van der Waals surface area contributed by atoms with Crippen LogP contribution in [0.5, 0.6) is 5.75 Å². The molecule has 1 saturated carbocycles. The summed E-state index contributed by atoms with van der Waals surface area (Å²) in [4.78, 5) is 2.57. The Bertz CT molecular complexity index is 457. The van der Waals surface area contributed by atoms with Crippen molar-refractivity contribution >= 4 is 0 Å². The van der Waals surface area contributed by atoms with Gasteiger partial charge < -0.3 is 4.74 Å². The van der Waals surface area contributed by atoms with Crippen LogP contribution in [0.15, 0.2) is 24.3 Å². The maximum Gasteiger partial charge on any atom is 0.119 e. The van der Waals surface area contributed by atoms with Gasteiger partial charge in [-0.05, 0) is 49.4 Å². The van der Waals surface area contributed by atoms with Crippen molar-refractivity contribution in [2.75, 3.05) is 19.7 Å². The highest BCUT2D eigenvalue weighted by atomic mass is 16.5. The molecule has 0 bridgehead atoms. The minimum Gasteiger partial charge on any atom is -0.492 e. The minimum atomic E-state index is 0.463. The fourth-order valence-electron chi connectivity index (χ4n) is 2.42. The van der Waals surface area contributed by atoms with Gasteiger partial charge in [0, 0.05) is 12.6 Å². The van der Waals surface area contributed by atoms with Crippen molar-refractivity contribution < 1.29 is 4.74 Å². The first-order valence-electron chi connectivity index (χ1n) is 8.01. The van der Waals surface area contributed by atoms with Crippen molar-refractivity contribution in [2.45, 2.75) is 45.6 Å². The van der Waals surface area contributed by atoms with Crippen LogP contribution >= 0.6 is 0 Å². The van der Waals surface area contributed by atoms with E-state index < -0.39 is 0 Å². The summed E-state index contributed by atoms with van der Waals surface area (Å²) in [5.41, 5.74) is 1.04. The molecule has 1 aromatic rings. The number of hydrogen-bond acceptors (Lipinski definition) is 3. The van der Waals surface area contributed by atoms with Crippen molar-refractivity contribution in [3.63, 3.8) is 0 Å². The van der Waals surface area contributed by atoms with E-state index in [-0.39, 0.29) is 0 Å². The van der Waals surface area contributed by atoms with Gasteiger partial charge in [0.15, 0.2) is 0 Å². The van der Waals surface area contributed by atoms with E-state index in [0.29, 0.717) is 6.42 Å². The van der Waals surface area contributed by atoms with Crippen LogP contribution in [0.2, 0.25) is 0 Å². The fourth-order valence-corrected chi connectivity index (χ4v) is 2.42. The van der Waals surface area contributed by atoms with E-state index in [4.69, 9.17) is 10.00 Å². The molecule has 2 rings (SSSR count). The van der Waals surface area contributed by atoms with Gasteiger partial charge >= 0.3 is 0 Å². The average molecular weight is 286 g/mol. The Hall–Kier alpha value is -1.53. The summed E-state index contributed by atoms with van der Waals surface area (Å²) in [5, 5.41) is 8.65. The van der Waals surface area contributed by atoms with Crippen molar-refractivity contribution in [3.8, 4) is 11.8 Å². The molecule has 1 aliphatic carbocycles. The van der Waals surface area contributed by atoms with Crippen LogP contribution in [0.3, 0.4) is 0 Å². The molecule has 0 aliphatic heterocycles. The number of nitriles is 1. The predicted molar refractivity (Wildman–Crippen MR) is 85.3 cm³/mol. The maximum absolute atomic E-state index is 8.65. The SMILES string of the molecule is CC(C)CCN(CCOc1ccc(CC#N)cc1)C1CC1. The quantitative estimate of drug-likeness (QED) is 0.695. The smallest absolute Gasteiger partial charge is 0.119 e. The molecule has 114 valence electrons. The minimum absolute atomic E-state index is 0.463. The molecule has 21 heavy (non-hydrogen) atoms. The number of nitrogens with zero attached hydrogens (tertiary/aromatic N) is 2. The van der Waals surface area contributed by atoms with Crippen LogP contribution in [0.25, 0.3) is 0 Å². The zero-order valence-electron chi connectivity index (χ0n) is 13.2. The van der Waals surface area contributed by atoms with Crippen LogP contribution < -0.4 is 4.74 Å². The first-order chi connectivity index (χ1) is 10.2. The fraction of sp³-hybridized carbons (Fsp3) is 0.611. The highest BCUT2D eigenvalue weighted by molar-refractivity contribution is 5.28. The molecule has 0 amide bonds. The summed E-state index contributed by atoms with van der Waals surface area (Å²) in [7, 11) is 0. The second-order valence-corrected chi connectivity index (χ2v) is 6.28. The van der Waals surface area contributed by atoms with Gasteiger partial charge in [-0.3, -0.25) is 4.90 Å². The third-order valence-corrected chi connectivity index (χ3v) is 3.91. The Morgan fingerprint density at radius 3 is 2.52 bits per heavy atom. The van der Waals surface area contributed by atoms with Gasteiger partial charge in [0.25, 0.3) is 0 Å². The van der Waals surface area contributed by atoms with E-state index in [1.54, 1.807) is 0 Å². The van der Waals surface area contributed by atoms with Gasteiger partial charge in [-0.15, -0.1) is 0 Å².